The topological polar surface area (TPSA) is 289 Å². The zero-order valence-corrected chi connectivity index (χ0v) is 36.4. The van der Waals surface area contributed by atoms with Crippen molar-refractivity contribution in [3.8, 4) is 34.8 Å². The number of nitroso groups, excluding NO2 is 1. The highest BCUT2D eigenvalue weighted by atomic mass is 32.2. The van der Waals surface area contributed by atoms with Crippen molar-refractivity contribution >= 4 is 28.2 Å². The normalized spacial score (nSPS) is 11.9. The molecule has 0 aliphatic rings. The van der Waals surface area contributed by atoms with Gasteiger partial charge in [-0.1, -0.05) is 50.2 Å². The Morgan fingerprint density at radius 2 is 1.38 bits per heavy atom. The van der Waals surface area contributed by atoms with Gasteiger partial charge in [-0.3, -0.25) is 10.4 Å². The number of nitrogens with zero attached hydrogens (tertiary/aromatic N) is 7. The molecule has 1 atom stereocenters. The Kier molecular flexibility index (Phi) is 19.7. The smallest absolute Gasteiger partial charge is 0.493 e. The number of rotatable bonds is 26. The summed E-state index contributed by atoms with van der Waals surface area (Å²) in [7, 11) is -3.41. The number of carbonyl (C=O) groups excluding carboxylic acids is 2. The molecule has 0 saturated carbocycles. The largest absolute Gasteiger partial charge is 0.510 e. The van der Waals surface area contributed by atoms with E-state index in [1.165, 1.54) is 50.7 Å². The fourth-order valence-corrected chi connectivity index (χ4v) is 6.67. The molecule has 4 rings (SSSR count). The molecule has 24 nitrogen and oxygen atoms in total. The first-order valence-corrected chi connectivity index (χ1v) is 20.8. The van der Waals surface area contributed by atoms with Crippen LogP contribution in [0.5, 0.6) is 23.1 Å². The zero-order chi connectivity index (χ0) is 46.5. The third-order valence-corrected chi connectivity index (χ3v) is 10.0. The summed E-state index contributed by atoms with van der Waals surface area (Å²) in [6.07, 6.45) is -1.33. The lowest BCUT2D eigenvalue weighted by Crippen LogP contribution is -2.42. The molecule has 348 valence electrons. The number of hydrogen-bond acceptors (Lipinski definition) is 23. The molecular weight excluding hydrogens is 871 g/mol. The predicted molar refractivity (Wildman–Crippen MR) is 219 cm³/mol. The number of hydrogen-bond donors (Lipinski definition) is 2. The van der Waals surface area contributed by atoms with Crippen LogP contribution in [0.3, 0.4) is 0 Å². The van der Waals surface area contributed by atoms with Gasteiger partial charge in [0.2, 0.25) is 11.6 Å². The van der Waals surface area contributed by atoms with Crippen LogP contribution in [0.25, 0.3) is 11.6 Å². The van der Waals surface area contributed by atoms with Gasteiger partial charge in [0, 0.05) is 12.4 Å². The monoisotopic (exact) mass is 919 g/mol. The van der Waals surface area contributed by atoms with E-state index in [9.17, 15) is 14.5 Å². The van der Waals surface area contributed by atoms with Crippen LogP contribution in [-0.2, 0) is 48.7 Å². The zero-order valence-electron chi connectivity index (χ0n) is 35.6. The van der Waals surface area contributed by atoms with Crippen molar-refractivity contribution in [2.75, 3.05) is 77.4 Å². The van der Waals surface area contributed by atoms with Crippen molar-refractivity contribution in [1.29, 1.82) is 0 Å². The average Bonchev–Trinajstić information content (AvgIpc) is 3.26. The molecule has 0 fully saturated rings. The Bertz CT molecular complexity index is 2200. The highest BCUT2D eigenvalue weighted by Gasteiger charge is 2.39. The fourth-order valence-electron chi connectivity index (χ4n) is 5.18. The first kappa shape index (κ1) is 50.3. The van der Waals surface area contributed by atoms with E-state index >= 15 is 8.42 Å². The number of aromatic nitrogens is 4. The highest BCUT2D eigenvalue weighted by Crippen LogP contribution is 2.44. The van der Waals surface area contributed by atoms with Gasteiger partial charge in [-0.05, 0) is 48.2 Å². The minimum absolute atomic E-state index is 0.0131. The van der Waals surface area contributed by atoms with Crippen molar-refractivity contribution < 1.29 is 75.9 Å². The molecule has 2 aromatic heterocycles. The van der Waals surface area contributed by atoms with E-state index in [1.54, 1.807) is 30.3 Å². The van der Waals surface area contributed by atoms with Gasteiger partial charge < -0.3 is 42.6 Å². The van der Waals surface area contributed by atoms with Crippen LogP contribution in [0, 0.1) is 4.91 Å². The second-order valence-corrected chi connectivity index (χ2v) is 15.5. The van der Waals surface area contributed by atoms with Crippen LogP contribution in [0.2, 0.25) is 0 Å². The van der Waals surface area contributed by atoms with Gasteiger partial charge in [-0.25, -0.2) is 42.1 Å². The van der Waals surface area contributed by atoms with E-state index in [2.05, 4.69) is 30.0 Å². The van der Waals surface area contributed by atoms with Crippen molar-refractivity contribution in [3.05, 3.63) is 77.5 Å². The molecule has 0 amide bonds. The number of carbonyl (C=O) groups is 2. The predicted octanol–water partition coefficient (Wildman–Crippen LogP) is 5.07. The Morgan fingerprint density at radius 1 is 0.766 bits per heavy atom. The summed E-state index contributed by atoms with van der Waals surface area (Å²) >= 11 is 0. The van der Waals surface area contributed by atoms with E-state index in [1.807, 2.05) is 20.8 Å². The van der Waals surface area contributed by atoms with Gasteiger partial charge in [0.05, 0.1) is 50.4 Å². The quantitative estimate of drug-likeness (QED) is 0.0273. The number of anilines is 1. The first-order chi connectivity index (χ1) is 30.6. The fraction of sp³-hybridized carbons (Fsp3) is 0.436. The van der Waals surface area contributed by atoms with Gasteiger partial charge in [0.1, 0.15) is 33.0 Å². The molecule has 1 unspecified atom stereocenters. The second-order valence-electron chi connectivity index (χ2n) is 13.7. The van der Waals surface area contributed by atoms with Gasteiger partial charge in [0.25, 0.3) is 15.9 Å². The molecule has 0 aliphatic heterocycles. The van der Waals surface area contributed by atoms with E-state index in [-0.39, 0.29) is 86.3 Å². The average molecular weight is 920 g/mol. The molecule has 2 aromatic carbocycles. The molecule has 0 bridgehead atoms. The molecule has 2 N–H and O–H groups in total. The maximum Gasteiger partial charge on any atom is 0.510 e. The summed E-state index contributed by atoms with van der Waals surface area (Å²) < 4.78 is 79.7. The molecule has 0 saturated heterocycles. The van der Waals surface area contributed by atoms with Crippen LogP contribution >= 0.6 is 0 Å². The minimum atomic E-state index is -4.79. The molecule has 2 heterocycles. The lowest BCUT2D eigenvalue weighted by molar-refractivity contribution is -0.493. The Hall–Kier alpha value is -6.35. The Labute approximate surface area is 367 Å². The van der Waals surface area contributed by atoms with Gasteiger partial charge >= 0.3 is 12.3 Å². The first-order valence-electron chi connectivity index (χ1n) is 19.3. The van der Waals surface area contributed by atoms with Crippen LogP contribution in [0.15, 0.2) is 77.1 Å². The SMILES string of the molecule is COc1ccccc1Oc1c(OCCOC(=O)OCCOCCON(O)O)nc(-c2ncccn2)nc1N(C(C)OC(=O)OCCOCCN=O)S(=O)(=O)c1ccc(C(C)(C)C)cc1. The molecule has 0 aliphatic carbocycles. The number of benzene rings is 2. The molecular formula is C39H49N7O17S. The van der Waals surface area contributed by atoms with Gasteiger partial charge in [-0.15, -0.1) is 0 Å². The third kappa shape index (κ3) is 15.5. The van der Waals surface area contributed by atoms with Crippen molar-refractivity contribution in [2.45, 2.75) is 44.2 Å². The van der Waals surface area contributed by atoms with Crippen molar-refractivity contribution in [1.82, 2.24) is 25.3 Å². The number of sulfonamides is 1. The molecule has 64 heavy (non-hydrogen) atoms. The number of ether oxygens (including phenoxy) is 9. The summed E-state index contributed by atoms with van der Waals surface area (Å²) in [4.78, 5) is 57.4. The molecule has 4 aromatic rings. The van der Waals surface area contributed by atoms with Crippen LogP contribution in [-0.4, -0.2) is 136 Å². The Balaban J connectivity index is 1.78. The van der Waals surface area contributed by atoms with Gasteiger partial charge in [0.15, 0.2) is 29.4 Å². The third-order valence-electron chi connectivity index (χ3n) is 8.14. The summed E-state index contributed by atoms with van der Waals surface area (Å²) in [5.74, 6) is -1.47. The lowest BCUT2D eigenvalue weighted by atomic mass is 9.87. The van der Waals surface area contributed by atoms with Crippen LogP contribution < -0.4 is 18.5 Å². The van der Waals surface area contributed by atoms with E-state index in [0.717, 1.165) is 5.56 Å². The van der Waals surface area contributed by atoms with E-state index in [0.29, 0.717) is 4.31 Å². The van der Waals surface area contributed by atoms with Crippen molar-refractivity contribution in [2.24, 2.45) is 5.18 Å². The number of para-hydroxylation sites is 2. The maximum absolute atomic E-state index is 15.0. The second kappa shape index (κ2) is 25.1. The van der Waals surface area contributed by atoms with E-state index in [4.69, 9.17) is 53.0 Å². The van der Waals surface area contributed by atoms with Gasteiger partial charge in [-0.2, -0.15) is 9.89 Å². The van der Waals surface area contributed by atoms with Crippen molar-refractivity contribution in [3.63, 3.8) is 0 Å². The highest BCUT2D eigenvalue weighted by molar-refractivity contribution is 7.92. The van der Waals surface area contributed by atoms with Crippen LogP contribution in [0.4, 0.5) is 15.4 Å². The van der Waals surface area contributed by atoms with Crippen LogP contribution in [0.1, 0.15) is 33.3 Å². The lowest BCUT2D eigenvalue weighted by Gasteiger charge is -2.30. The standard InChI is InChI=1S/C39H49N7O17S/c1-27(62-38(48)60-23-19-55-18-17-42-49)45(64(52,53)29-13-11-28(12-14-29)39(2,3)4)35-32(63-31-10-7-6-9-30(31)54-5)36(44-34(43-35)33-40-15-8-16-41-33)57-24-25-59-37(47)58-22-20-56-21-26-61-46(50)51/h6-16,27,50-51H,17-26H2,1-5H3. The molecule has 0 radical (unpaired) electrons. The maximum atomic E-state index is 15.0. The van der Waals surface area contributed by atoms with E-state index < -0.39 is 64.6 Å². The summed E-state index contributed by atoms with van der Waals surface area (Å²) in [5, 5.41) is 19.3. The molecule has 25 heteroatoms. The summed E-state index contributed by atoms with van der Waals surface area (Å²) in [5.41, 5.74) is 0.479. The summed E-state index contributed by atoms with van der Waals surface area (Å²) in [6.45, 7) is 5.20. The molecule has 0 spiro atoms. The Morgan fingerprint density at radius 3 is 2.00 bits per heavy atom. The number of methoxy groups -OCH3 is 1. The minimum Gasteiger partial charge on any atom is -0.493 e. The summed E-state index contributed by atoms with van der Waals surface area (Å²) in [6, 6.07) is 14.0.